The van der Waals surface area contributed by atoms with Gasteiger partial charge in [-0.2, -0.15) is 0 Å². The van der Waals surface area contributed by atoms with E-state index in [4.69, 9.17) is 21.8 Å². The standard InChI is InChI=1S/C15H17ClN2O2S/c1-10-14(6-7-20-10)21-8-2-3-15(19)18-13-5-4-11(16)9-12(13)17/h4-7,9H,2-3,8,17H2,1H3,(H,18,19). The highest BCUT2D eigenvalue weighted by Gasteiger charge is 2.07. The van der Waals surface area contributed by atoms with E-state index in [9.17, 15) is 4.79 Å². The number of rotatable bonds is 6. The van der Waals surface area contributed by atoms with Gasteiger partial charge < -0.3 is 15.5 Å². The molecule has 21 heavy (non-hydrogen) atoms. The Bertz CT molecular complexity index is 628. The van der Waals surface area contributed by atoms with Gasteiger partial charge in [0, 0.05) is 16.3 Å². The quantitative estimate of drug-likeness (QED) is 0.471. The Kier molecular flexibility index (Phi) is 5.59. The Morgan fingerprint density at radius 3 is 2.90 bits per heavy atom. The zero-order chi connectivity index (χ0) is 15.2. The molecule has 2 rings (SSSR count). The number of nitrogen functional groups attached to an aromatic ring is 1. The highest BCUT2D eigenvalue weighted by atomic mass is 35.5. The molecule has 0 radical (unpaired) electrons. The van der Waals surface area contributed by atoms with E-state index in [1.807, 2.05) is 13.0 Å². The number of hydrogen-bond donors (Lipinski definition) is 2. The lowest BCUT2D eigenvalue weighted by Gasteiger charge is -2.08. The van der Waals surface area contributed by atoms with Gasteiger partial charge in [0.25, 0.3) is 0 Å². The van der Waals surface area contributed by atoms with E-state index in [1.54, 1.807) is 36.2 Å². The maximum absolute atomic E-state index is 11.9. The van der Waals surface area contributed by atoms with Crippen molar-refractivity contribution in [3.8, 4) is 0 Å². The summed E-state index contributed by atoms with van der Waals surface area (Å²) in [4.78, 5) is 13.0. The summed E-state index contributed by atoms with van der Waals surface area (Å²) >= 11 is 7.51. The first-order valence-corrected chi connectivity index (χ1v) is 7.94. The van der Waals surface area contributed by atoms with Crippen LogP contribution in [0.5, 0.6) is 0 Å². The molecule has 4 nitrogen and oxygen atoms in total. The molecule has 0 bridgehead atoms. The molecule has 2 aromatic rings. The molecule has 1 aromatic heterocycles. The molecule has 0 atom stereocenters. The van der Waals surface area contributed by atoms with Gasteiger partial charge in [0.1, 0.15) is 5.76 Å². The lowest BCUT2D eigenvalue weighted by Crippen LogP contribution is -2.12. The van der Waals surface area contributed by atoms with Gasteiger partial charge in [-0.15, -0.1) is 11.8 Å². The van der Waals surface area contributed by atoms with Crippen molar-refractivity contribution in [2.24, 2.45) is 0 Å². The molecular weight excluding hydrogens is 308 g/mol. The van der Waals surface area contributed by atoms with E-state index in [0.717, 1.165) is 22.8 Å². The lowest BCUT2D eigenvalue weighted by molar-refractivity contribution is -0.116. The summed E-state index contributed by atoms with van der Waals surface area (Å²) in [6.45, 7) is 1.93. The van der Waals surface area contributed by atoms with Crippen molar-refractivity contribution in [1.29, 1.82) is 0 Å². The Morgan fingerprint density at radius 1 is 1.43 bits per heavy atom. The summed E-state index contributed by atoms with van der Waals surface area (Å²) in [5.41, 5.74) is 6.86. The van der Waals surface area contributed by atoms with Crippen LogP contribution in [0, 0.1) is 6.92 Å². The number of thioether (sulfide) groups is 1. The van der Waals surface area contributed by atoms with Crippen molar-refractivity contribution in [2.45, 2.75) is 24.7 Å². The third-order valence-corrected chi connectivity index (χ3v) is 4.37. The van der Waals surface area contributed by atoms with Gasteiger partial charge in [-0.25, -0.2) is 0 Å². The first-order chi connectivity index (χ1) is 10.1. The van der Waals surface area contributed by atoms with Crippen molar-refractivity contribution in [3.63, 3.8) is 0 Å². The fraction of sp³-hybridized carbons (Fsp3) is 0.267. The molecule has 0 spiro atoms. The predicted molar refractivity (Wildman–Crippen MR) is 87.9 cm³/mol. The van der Waals surface area contributed by atoms with Crippen LogP contribution in [0.25, 0.3) is 0 Å². The molecule has 3 N–H and O–H groups in total. The number of anilines is 2. The number of nitrogens with one attached hydrogen (secondary N) is 1. The first kappa shape index (κ1) is 15.8. The summed E-state index contributed by atoms with van der Waals surface area (Å²) < 4.78 is 5.22. The average molecular weight is 325 g/mol. The van der Waals surface area contributed by atoms with Crippen molar-refractivity contribution in [1.82, 2.24) is 0 Å². The van der Waals surface area contributed by atoms with Gasteiger partial charge in [-0.3, -0.25) is 4.79 Å². The van der Waals surface area contributed by atoms with Gasteiger partial charge in [0.15, 0.2) is 0 Å². The maximum Gasteiger partial charge on any atom is 0.224 e. The lowest BCUT2D eigenvalue weighted by atomic mass is 10.2. The van der Waals surface area contributed by atoms with Crippen LogP contribution in [0.4, 0.5) is 11.4 Å². The van der Waals surface area contributed by atoms with E-state index in [1.165, 1.54) is 0 Å². The minimum Gasteiger partial charge on any atom is -0.468 e. The van der Waals surface area contributed by atoms with Crippen molar-refractivity contribution in [2.75, 3.05) is 16.8 Å². The van der Waals surface area contributed by atoms with Gasteiger partial charge in [0.2, 0.25) is 5.91 Å². The van der Waals surface area contributed by atoms with Gasteiger partial charge in [0.05, 0.1) is 17.6 Å². The highest BCUT2D eigenvalue weighted by molar-refractivity contribution is 7.99. The Balaban J connectivity index is 1.73. The molecule has 1 aromatic carbocycles. The normalized spacial score (nSPS) is 10.6. The fourth-order valence-electron chi connectivity index (χ4n) is 1.80. The number of amides is 1. The van der Waals surface area contributed by atoms with E-state index in [2.05, 4.69) is 5.32 Å². The molecule has 0 saturated heterocycles. The van der Waals surface area contributed by atoms with Crippen LogP contribution < -0.4 is 11.1 Å². The summed E-state index contributed by atoms with van der Waals surface area (Å²) in [6, 6.07) is 6.97. The summed E-state index contributed by atoms with van der Waals surface area (Å²) in [6.07, 6.45) is 2.91. The first-order valence-electron chi connectivity index (χ1n) is 6.58. The maximum atomic E-state index is 11.9. The molecule has 112 valence electrons. The van der Waals surface area contributed by atoms with Crippen LogP contribution in [-0.4, -0.2) is 11.7 Å². The smallest absolute Gasteiger partial charge is 0.224 e. The fourth-order valence-corrected chi connectivity index (χ4v) is 2.89. The molecule has 0 fully saturated rings. The monoisotopic (exact) mass is 324 g/mol. The summed E-state index contributed by atoms with van der Waals surface area (Å²) in [5, 5.41) is 3.35. The number of carbonyl (C=O) groups excluding carboxylic acids is 1. The van der Waals surface area contributed by atoms with Gasteiger partial charge in [-0.05, 0) is 43.4 Å². The highest BCUT2D eigenvalue weighted by Crippen LogP contribution is 2.25. The zero-order valence-electron chi connectivity index (χ0n) is 11.7. The number of benzene rings is 1. The predicted octanol–water partition coefficient (Wildman–Crippen LogP) is 4.33. The summed E-state index contributed by atoms with van der Waals surface area (Å²) in [7, 11) is 0. The number of hydrogen-bond acceptors (Lipinski definition) is 4. The van der Waals surface area contributed by atoms with Crippen molar-refractivity contribution in [3.05, 3.63) is 41.3 Å². The number of nitrogens with two attached hydrogens (primary N) is 1. The molecule has 0 saturated carbocycles. The Hall–Kier alpha value is -1.59. The van der Waals surface area contributed by atoms with Crippen LogP contribution >= 0.6 is 23.4 Å². The number of furan rings is 1. The molecule has 1 heterocycles. The van der Waals surface area contributed by atoms with Gasteiger partial charge >= 0.3 is 0 Å². The van der Waals surface area contributed by atoms with Crippen LogP contribution in [0.1, 0.15) is 18.6 Å². The SMILES string of the molecule is Cc1occc1SCCCC(=O)Nc1ccc(Cl)cc1N. The topological polar surface area (TPSA) is 68.3 Å². The molecule has 6 heteroatoms. The van der Waals surface area contributed by atoms with Gasteiger partial charge in [-0.1, -0.05) is 11.6 Å². The zero-order valence-corrected chi connectivity index (χ0v) is 13.3. The minimum atomic E-state index is -0.0476. The third kappa shape index (κ3) is 4.72. The largest absolute Gasteiger partial charge is 0.468 e. The van der Waals surface area contributed by atoms with Crippen molar-refractivity contribution >= 4 is 40.6 Å². The Labute approximate surface area is 133 Å². The van der Waals surface area contributed by atoms with E-state index < -0.39 is 0 Å². The third-order valence-electron chi connectivity index (χ3n) is 2.90. The number of carbonyl (C=O) groups is 1. The van der Waals surface area contributed by atoms with Crippen molar-refractivity contribution < 1.29 is 9.21 Å². The second-order valence-electron chi connectivity index (χ2n) is 4.57. The van der Waals surface area contributed by atoms with Crippen LogP contribution in [0.3, 0.4) is 0 Å². The second-order valence-corrected chi connectivity index (χ2v) is 6.15. The Morgan fingerprint density at radius 2 is 2.24 bits per heavy atom. The molecule has 0 aliphatic rings. The van der Waals surface area contributed by atoms with Crippen LogP contribution in [0.15, 0.2) is 39.8 Å². The molecule has 0 aliphatic heterocycles. The number of halogens is 1. The van der Waals surface area contributed by atoms with Crippen LogP contribution in [0.2, 0.25) is 5.02 Å². The molecule has 0 unspecified atom stereocenters. The molecule has 1 amide bonds. The average Bonchev–Trinajstić information content (AvgIpc) is 2.84. The summed E-state index contributed by atoms with van der Waals surface area (Å²) in [5.74, 6) is 1.73. The molecular formula is C15H17ClN2O2S. The van der Waals surface area contributed by atoms with E-state index in [0.29, 0.717) is 22.8 Å². The number of aryl methyl sites for hydroxylation is 1. The van der Waals surface area contributed by atoms with E-state index in [-0.39, 0.29) is 5.91 Å². The second kappa shape index (κ2) is 7.43. The van der Waals surface area contributed by atoms with E-state index >= 15 is 0 Å². The minimum absolute atomic E-state index is 0.0476. The molecule has 0 aliphatic carbocycles. The van der Waals surface area contributed by atoms with Crippen LogP contribution in [-0.2, 0) is 4.79 Å².